The Labute approximate surface area is 232 Å². The quantitative estimate of drug-likeness (QED) is 0.346. The minimum atomic E-state index is -0.780. The molecule has 1 unspecified atom stereocenters. The summed E-state index contributed by atoms with van der Waals surface area (Å²) in [7, 11) is 0. The number of nitrogens with two attached hydrogens (primary N) is 1. The number of hydrogen-bond acceptors (Lipinski definition) is 5. The first-order chi connectivity index (χ1) is 19.0. The highest BCUT2D eigenvalue weighted by molar-refractivity contribution is 5.77. The number of rotatable bonds is 13. The van der Waals surface area contributed by atoms with Gasteiger partial charge in [-0.05, 0) is 67.4 Å². The Morgan fingerprint density at radius 2 is 1.51 bits per heavy atom. The molecule has 3 atom stereocenters. The standard InChI is InChI=1S/C32H42N2O5/c33-30(35)22-24-9-13-26(14-10-24)27-15-11-25(12-16-27)23-39-29-18-17-28(34-19-5-1-2-6-20-34)32(29)38-21-7-3-4-8-31(36)37/h3,7,9-16,28-29,32H,1-2,4-6,8,17-23H2,(H2,33,35)(H,36,37)/b7-3-/t28-,29?,32+/m0/s1. The van der Waals surface area contributed by atoms with Crippen LogP contribution >= 0.6 is 0 Å². The molecule has 1 saturated carbocycles. The average Bonchev–Trinajstić information content (AvgIpc) is 3.12. The first-order valence-electron chi connectivity index (χ1n) is 14.3. The molecule has 1 aliphatic carbocycles. The van der Waals surface area contributed by atoms with Crippen LogP contribution in [0.4, 0.5) is 0 Å². The zero-order valence-electron chi connectivity index (χ0n) is 22.8. The van der Waals surface area contributed by atoms with Gasteiger partial charge in [-0.15, -0.1) is 0 Å². The van der Waals surface area contributed by atoms with E-state index in [1.165, 1.54) is 25.7 Å². The third-order valence-corrected chi connectivity index (χ3v) is 7.76. The molecule has 0 aromatic heterocycles. The molecular weight excluding hydrogens is 492 g/mol. The number of likely N-dealkylation sites (tertiary alicyclic amines) is 1. The summed E-state index contributed by atoms with van der Waals surface area (Å²) in [6, 6.07) is 16.7. The van der Waals surface area contributed by atoms with Crippen LogP contribution in [0.25, 0.3) is 11.1 Å². The molecule has 3 N–H and O–H groups in total. The van der Waals surface area contributed by atoms with Crippen molar-refractivity contribution in [2.75, 3.05) is 19.7 Å². The van der Waals surface area contributed by atoms with Gasteiger partial charge in [0.2, 0.25) is 5.91 Å². The molecule has 1 heterocycles. The predicted octanol–water partition coefficient (Wildman–Crippen LogP) is 5.11. The second-order valence-electron chi connectivity index (χ2n) is 10.7. The zero-order valence-corrected chi connectivity index (χ0v) is 22.8. The maximum Gasteiger partial charge on any atom is 0.303 e. The van der Waals surface area contributed by atoms with Gasteiger partial charge in [-0.2, -0.15) is 0 Å². The lowest BCUT2D eigenvalue weighted by Crippen LogP contribution is -2.45. The highest BCUT2D eigenvalue weighted by atomic mass is 16.5. The fraction of sp³-hybridized carbons (Fsp3) is 0.500. The van der Waals surface area contributed by atoms with E-state index in [9.17, 15) is 9.59 Å². The summed E-state index contributed by atoms with van der Waals surface area (Å²) in [6.45, 7) is 3.25. The number of hydrogen-bond donors (Lipinski definition) is 2. The summed E-state index contributed by atoms with van der Waals surface area (Å²) >= 11 is 0. The number of carboxylic acid groups (broad SMARTS) is 1. The summed E-state index contributed by atoms with van der Waals surface area (Å²) in [5.74, 6) is -1.11. The Morgan fingerprint density at radius 1 is 0.872 bits per heavy atom. The Balaban J connectivity index is 1.34. The second kappa shape index (κ2) is 15.0. The maximum absolute atomic E-state index is 11.1. The molecule has 0 spiro atoms. The number of benzene rings is 2. The fourth-order valence-electron chi connectivity index (χ4n) is 5.70. The third-order valence-electron chi connectivity index (χ3n) is 7.76. The number of allylic oxidation sites excluding steroid dienone is 1. The van der Waals surface area contributed by atoms with Gasteiger partial charge in [-0.3, -0.25) is 14.5 Å². The zero-order chi connectivity index (χ0) is 27.5. The molecule has 4 rings (SSSR count). The van der Waals surface area contributed by atoms with Gasteiger partial charge in [-0.1, -0.05) is 73.5 Å². The number of nitrogens with zero attached hydrogens (tertiary/aromatic N) is 1. The molecule has 2 aliphatic rings. The molecule has 2 aromatic carbocycles. The van der Waals surface area contributed by atoms with E-state index < -0.39 is 5.97 Å². The summed E-state index contributed by atoms with van der Waals surface area (Å²) in [4.78, 5) is 24.5. The van der Waals surface area contributed by atoms with Crippen molar-refractivity contribution in [1.29, 1.82) is 0 Å². The monoisotopic (exact) mass is 534 g/mol. The van der Waals surface area contributed by atoms with Gasteiger partial charge in [0.1, 0.15) is 0 Å². The van der Waals surface area contributed by atoms with Crippen LogP contribution in [0.5, 0.6) is 0 Å². The van der Waals surface area contributed by atoms with Crippen LogP contribution in [0, 0.1) is 0 Å². The van der Waals surface area contributed by atoms with Gasteiger partial charge in [0.05, 0.1) is 31.8 Å². The van der Waals surface area contributed by atoms with Gasteiger partial charge in [0.25, 0.3) is 0 Å². The Morgan fingerprint density at radius 3 is 2.13 bits per heavy atom. The number of ether oxygens (including phenoxy) is 2. The smallest absolute Gasteiger partial charge is 0.303 e. The highest BCUT2D eigenvalue weighted by Gasteiger charge is 2.40. The van der Waals surface area contributed by atoms with Crippen LogP contribution in [-0.2, 0) is 32.1 Å². The van der Waals surface area contributed by atoms with E-state index in [0.29, 0.717) is 25.7 Å². The van der Waals surface area contributed by atoms with E-state index in [1.54, 1.807) is 0 Å². The number of carboxylic acids is 1. The molecule has 0 radical (unpaired) electrons. The first-order valence-corrected chi connectivity index (χ1v) is 14.3. The molecule has 0 bridgehead atoms. The lowest BCUT2D eigenvalue weighted by atomic mass is 10.0. The third kappa shape index (κ3) is 9.02. The van der Waals surface area contributed by atoms with E-state index >= 15 is 0 Å². The molecule has 7 nitrogen and oxygen atoms in total. The van der Waals surface area contributed by atoms with Crippen LogP contribution in [0.3, 0.4) is 0 Å². The molecule has 1 aliphatic heterocycles. The van der Waals surface area contributed by atoms with E-state index in [1.807, 2.05) is 36.4 Å². The summed E-state index contributed by atoms with van der Waals surface area (Å²) < 4.78 is 12.9. The molecule has 2 aromatic rings. The number of aliphatic carboxylic acids is 1. The van der Waals surface area contributed by atoms with Crippen molar-refractivity contribution in [1.82, 2.24) is 4.90 Å². The Bertz CT molecular complexity index is 1070. The Hall–Kier alpha value is -3.00. The van der Waals surface area contributed by atoms with Crippen molar-refractivity contribution in [3.05, 3.63) is 71.8 Å². The van der Waals surface area contributed by atoms with Crippen molar-refractivity contribution in [3.8, 4) is 11.1 Å². The van der Waals surface area contributed by atoms with Crippen molar-refractivity contribution in [3.63, 3.8) is 0 Å². The van der Waals surface area contributed by atoms with Crippen molar-refractivity contribution in [2.45, 2.75) is 82.6 Å². The van der Waals surface area contributed by atoms with E-state index in [4.69, 9.17) is 20.3 Å². The number of carbonyl (C=O) groups excluding carboxylic acids is 1. The normalized spacial score (nSPS) is 22.2. The van der Waals surface area contributed by atoms with Gasteiger partial charge in [0.15, 0.2) is 0 Å². The van der Waals surface area contributed by atoms with Crippen LogP contribution in [0.1, 0.15) is 62.5 Å². The topological polar surface area (TPSA) is 102 Å². The number of primary amides is 1. The predicted molar refractivity (Wildman–Crippen MR) is 152 cm³/mol. The van der Waals surface area contributed by atoms with E-state index in [0.717, 1.165) is 48.2 Å². The van der Waals surface area contributed by atoms with Crippen LogP contribution in [0.15, 0.2) is 60.7 Å². The second-order valence-corrected chi connectivity index (χ2v) is 10.7. The molecular formula is C32H42N2O5. The van der Waals surface area contributed by atoms with Crippen molar-refractivity contribution < 1.29 is 24.2 Å². The molecule has 7 heteroatoms. The molecule has 210 valence electrons. The number of carbonyl (C=O) groups is 2. The van der Waals surface area contributed by atoms with Crippen molar-refractivity contribution in [2.24, 2.45) is 5.73 Å². The molecule has 1 saturated heterocycles. The SMILES string of the molecule is NC(=O)Cc1ccc(-c2ccc(COC3CC[C@H](N4CCCCCC4)[C@H]3OC/C=C\CCC(=O)O)cc2)cc1. The van der Waals surface area contributed by atoms with Crippen molar-refractivity contribution >= 4 is 11.9 Å². The fourth-order valence-corrected chi connectivity index (χ4v) is 5.70. The molecule has 2 fully saturated rings. The summed E-state index contributed by atoms with van der Waals surface area (Å²) in [5, 5.41) is 8.84. The maximum atomic E-state index is 11.1. The van der Waals surface area contributed by atoms with Gasteiger partial charge < -0.3 is 20.3 Å². The van der Waals surface area contributed by atoms with E-state index in [-0.39, 0.29) is 31.0 Å². The summed E-state index contributed by atoms with van der Waals surface area (Å²) in [6.07, 6.45) is 11.9. The van der Waals surface area contributed by atoms with Crippen LogP contribution in [0.2, 0.25) is 0 Å². The lowest BCUT2D eigenvalue weighted by Gasteiger charge is -2.33. The Kier molecular flexibility index (Phi) is 11.1. The minimum Gasteiger partial charge on any atom is -0.481 e. The number of amides is 1. The first kappa shape index (κ1) is 29.0. The highest BCUT2D eigenvalue weighted by Crippen LogP contribution is 2.32. The summed E-state index contributed by atoms with van der Waals surface area (Å²) in [5.41, 5.74) is 9.54. The van der Waals surface area contributed by atoms with E-state index in [2.05, 4.69) is 29.2 Å². The lowest BCUT2D eigenvalue weighted by molar-refractivity contribution is -0.136. The van der Waals surface area contributed by atoms with Crippen LogP contribution in [-0.4, -0.2) is 59.8 Å². The van der Waals surface area contributed by atoms with Gasteiger partial charge >= 0.3 is 5.97 Å². The van der Waals surface area contributed by atoms with Gasteiger partial charge in [-0.25, -0.2) is 0 Å². The average molecular weight is 535 g/mol. The minimum absolute atomic E-state index is 0.00501. The van der Waals surface area contributed by atoms with Gasteiger partial charge in [0, 0.05) is 12.5 Å². The largest absolute Gasteiger partial charge is 0.481 e. The molecule has 1 amide bonds. The molecule has 39 heavy (non-hydrogen) atoms. The van der Waals surface area contributed by atoms with Crippen LogP contribution < -0.4 is 5.73 Å².